The molecule has 0 spiro atoms. The van der Waals surface area contributed by atoms with Gasteiger partial charge >= 0.3 is 0 Å². The Morgan fingerprint density at radius 1 is 1.09 bits per heavy atom. The van der Waals surface area contributed by atoms with Gasteiger partial charge in [-0.3, -0.25) is 4.79 Å². The summed E-state index contributed by atoms with van der Waals surface area (Å²) in [7, 11) is 0. The van der Waals surface area contributed by atoms with Gasteiger partial charge in [-0.25, -0.2) is 0 Å². The lowest BCUT2D eigenvalue weighted by Gasteiger charge is -2.17. The van der Waals surface area contributed by atoms with Crippen LogP contribution >= 0.6 is 0 Å². The van der Waals surface area contributed by atoms with Gasteiger partial charge in [0.05, 0.1) is 6.42 Å². The Morgan fingerprint density at radius 3 is 2.41 bits per heavy atom. The highest BCUT2D eigenvalue weighted by molar-refractivity contribution is 5.78. The molecule has 4 heteroatoms. The molecule has 0 saturated carbocycles. The van der Waals surface area contributed by atoms with Crippen LogP contribution in [0.1, 0.15) is 23.5 Å². The molecule has 4 nitrogen and oxygen atoms in total. The van der Waals surface area contributed by atoms with Crippen molar-refractivity contribution in [2.45, 2.75) is 18.8 Å². The van der Waals surface area contributed by atoms with E-state index in [0.29, 0.717) is 25.1 Å². The molecule has 0 aliphatic heterocycles. The molecule has 0 aliphatic carbocycles. The zero-order valence-electron chi connectivity index (χ0n) is 12.5. The van der Waals surface area contributed by atoms with E-state index in [2.05, 4.69) is 5.32 Å². The number of aliphatic hydroxyl groups is 1. The number of nitrogens with one attached hydrogen (secondary N) is 1. The number of carbonyl (C=O) groups is 1. The molecule has 1 unspecified atom stereocenters. The van der Waals surface area contributed by atoms with Crippen molar-refractivity contribution in [3.63, 3.8) is 0 Å². The minimum atomic E-state index is -0.0244. The van der Waals surface area contributed by atoms with Crippen LogP contribution in [0, 0.1) is 0 Å². The highest BCUT2D eigenvalue weighted by Gasteiger charge is 2.12. The number of benzene rings is 2. The third kappa shape index (κ3) is 4.90. The summed E-state index contributed by atoms with van der Waals surface area (Å²) < 4.78 is 0. The second kappa shape index (κ2) is 8.20. The fourth-order valence-electron chi connectivity index (χ4n) is 2.39. The number of nitrogens with two attached hydrogens (primary N) is 1. The van der Waals surface area contributed by atoms with E-state index in [9.17, 15) is 9.90 Å². The van der Waals surface area contributed by atoms with Crippen molar-refractivity contribution in [2.75, 3.05) is 18.9 Å². The van der Waals surface area contributed by atoms with E-state index in [1.54, 1.807) is 12.1 Å². The molecule has 116 valence electrons. The van der Waals surface area contributed by atoms with Crippen molar-refractivity contribution < 1.29 is 9.90 Å². The maximum absolute atomic E-state index is 12.0. The molecule has 0 fully saturated rings. The van der Waals surface area contributed by atoms with Crippen molar-refractivity contribution in [3.05, 3.63) is 65.7 Å². The lowest BCUT2D eigenvalue weighted by Crippen LogP contribution is -2.30. The molecule has 0 bridgehead atoms. The summed E-state index contributed by atoms with van der Waals surface area (Å²) in [6, 6.07) is 17.2. The molecule has 1 amide bonds. The van der Waals surface area contributed by atoms with Crippen molar-refractivity contribution in [2.24, 2.45) is 0 Å². The van der Waals surface area contributed by atoms with E-state index < -0.39 is 0 Å². The third-order valence-corrected chi connectivity index (χ3v) is 3.64. The number of hydrogen-bond donors (Lipinski definition) is 3. The van der Waals surface area contributed by atoms with Crippen LogP contribution in [0.4, 0.5) is 5.69 Å². The topological polar surface area (TPSA) is 75.4 Å². The molecule has 2 rings (SSSR count). The normalized spacial score (nSPS) is 11.9. The number of aliphatic hydroxyl groups excluding tert-OH is 1. The number of nitrogen functional groups attached to an aromatic ring is 1. The van der Waals surface area contributed by atoms with Crippen LogP contribution < -0.4 is 11.1 Å². The zero-order valence-corrected chi connectivity index (χ0v) is 12.5. The predicted molar refractivity (Wildman–Crippen MR) is 88.5 cm³/mol. The van der Waals surface area contributed by atoms with Crippen LogP contribution in [0.2, 0.25) is 0 Å². The average molecular weight is 298 g/mol. The zero-order chi connectivity index (χ0) is 15.8. The third-order valence-electron chi connectivity index (χ3n) is 3.64. The van der Waals surface area contributed by atoms with Gasteiger partial charge in [-0.1, -0.05) is 42.5 Å². The molecule has 2 aromatic rings. The van der Waals surface area contributed by atoms with Crippen molar-refractivity contribution in [1.29, 1.82) is 0 Å². The Hall–Kier alpha value is -2.33. The first-order chi connectivity index (χ1) is 10.7. The molecule has 0 saturated heterocycles. The minimum Gasteiger partial charge on any atom is -0.399 e. The molecule has 0 radical (unpaired) electrons. The van der Waals surface area contributed by atoms with Gasteiger partial charge in [0.1, 0.15) is 0 Å². The first-order valence-corrected chi connectivity index (χ1v) is 7.46. The van der Waals surface area contributed by atoms with E-state index in [1.807, 2.05) is 42.5 Å². The second-order valence-corrected chi connectivity index (χ2v) is 5.34. The monoisotopic (exact) mass is 298 g/mol. The van der Waals surface area contributed by atoms with Gasteiger partial charge in [0.25, 0.3) is 0 Å². The summed E-state index contributed by atoms with van der Waals surface area (Å²) in [6.45, 7) is 0.631. The number of carbonyl (C=O) groups excluding carboxylic acids is 1. The SMILES string of the molecule is Nc1ccc(CC(=O)NCC(CCO)c2ccccc2)cc1. The Morgan fingerprint density at radius 2 is 1.77 bits per heavy atom. The largest absolute Gasteiger partial charge is 0.399 e. The first kappa shape index (κ1) is 16.0. The molecular weight excluding hydrogens is 276 g/mol. The van der Waals surface area contributed by atoms with Gasteiger partial charge in [-0.2, -0.15) is 0 Å². The fourth-order valence-corrected chi connectivity index (χ4v) is 2.39. The van der Waals surface area contributed by atoms with Crippen molar-refractivity contribution in [1.82, 2.24) is 5.32 Å². The van der Waals surface area contributed by atoms with E-state index in [-0.39, 0.29) is 18.4 Å². The van der Waals surface area contributed by atoms with Crippen LogP contribution in [0.15, 0.2) is 54.6 Å². The quantitative estimate of drug-likeness (QED) is 0.685. The molecule has 4 N–H and O–H groups in total. The van der Waals surface area contributed by atoms with Gasteiger partial charge in [-0.15, -0.1) is 0 Å². The predicted octanol–water partition coefficient (Wildman–Crippen LogP) is 2.09. The van der Waals surface area contributed by atoms with Gasteiger partial charge in [-0.05, 0) is 29.7 Å². The van der Waals surface area contributed by atoms with Gasteiger partial charge in [0.2, 0.25) is 5.91 Å². The fraction of sp³-hybridized carbons (Fsp3) is 0.278. The molecule has 0 aliphatic rings. The Bertz CT molecular complexity index is 582. The number of hydrogen-bond acceptors (Lipinski definition) is 3. The van der Waals surface area contributed by atoms with Gasteiger partial charge in [0.15, 0.2) is 0 Å². The van der Waals surface area contributed by atoms with Gasteiger partial charge in [0, 0.05) is 24.8 Å². The highest BCUT2D eigenvalue weighted by atomic mass is 16.3. The maximum Gasteiger partial charge on any atom is 0.224 e. The summed E-state index contributed by atoms with van der Waals surface area (Å²) in [6.07, 6.45) is 0.965. The molecule has 0 aromatic heterocycles. The lowest BCUT2D eigenvalue weighted by atomic mass is 9.96. The number of rotatable bonds is 7. The summed E-state index contributed by atoms with van der Waals surface area (Å²) in [5.74, 6) is 0.102. The second-order valence-electron chi connectivity index (χ2n) is 5.34. The van der Waals surface area contributed by atoms with Gasteiger partial charge < -0.3 is 16.2 Å². The summed E-state index contributed by atoms with van der Waals surface area (Å²) in [5, 5.41) is 12.1. The minimum absolute atomic E-state index is 0.0244. The highest BCUT2D eigenvalue weighted by Crippen LogP contribution is 2.18. The Kier molecular flexibility index (Phi) is 5.98. The average Bonchev–Trinajstić information content (AvgIpc) is 2.54. The standard InChI is InChI=1S/C18H22N2O2/c19-17-8-6-14(7-9-17)12-18(22)20-13-16(10-11-21)15-4-2-1-3-5-15/h1-9,16,21H,10-13,19H2,(H,20,22). The molecule has 22 heavy (non-hydrogen) atoms. The number of amides is 1. The smallest absolute Gasteiger partial charge is 0.224 e. The van der Waals surface area contributed by atoms with Crippen LogP contribution in [0.25, 0.3) is 0 Å². The van der Waals surface area contributed by atoms with Crippen LogP contribution in [-0.2, 0) is 11.2 Å². The van der Waals surface area contributed by atoms with Crippen LogP contribution in [0.5, 0.6) is 0 Å². The van der Waals surface area contributed by atoms with Crippen molar-refractivity contribution >= 4 is 11.6 Å². The van der Waals surface area contributed by atoms with Crippen molar-refractivity contribution in [3.8, 4) is 0 Å². The van der Waals surface area contributed by atoms with E-state index in [1.165, 1.54) is 0 Å². The Balaban J connectivity index is 1.89. The van der Waals surface area contributed by atoms with E-state index in [0.717, 1.165) is 11.1 Å². The van der Waals surface area contributed by atoms with E-state index in [4.69, 9.17) is 5.73 Å². The summed E-state index contributed by atoms with van der Waals surface area (Å²) in [5.41, 5.74) is 8.38. The van der Waals surface area contributed by atoms with Crippen LogP contribution in [0.3, 0.4) is 0 Å². The summed E-state index contributed by atoms with van der Waals surface area (Å²) in [4.78, 5) is 12.0. The van der Waals surface area contributed by atoms with Crippen LogP contribution in [-0.4, -0.2) is 24.2 Å². The molecular formula is C18H22N2O2. The lowest BCUT2D eigenvalue weighted by molar-refractivity contribution is -0.120. The molecule has 1 atom stereocenters. The van der Waals surface area contributed by atoms with E-state index >= 15 is 0 Å². The first-order valence-electron chi connectivity index (χ1n) is 7.46. The molecule has 0 heterocycles. The number of anilines is 1. The maximum atomic E-state index is 12.0. The molecule has 2 aromatic carbocycles. The Labute approximate surface area is 131 Å². The summed E-state index contributed by atoms with van der Waals surface area (Å²) >= 11 is 0.